The van der Waals surface area contributed by atoms with E-state index >= 15 is 0 Å². The second-order valence-electron chi connectivity index (χ2n) is 4.86. The molecule has 0 saturated carbocycles. The van der Waals surface area contributed by atoms with Crippen molar-refractivity contribution in [2.24, 2.45) is 0 Å². The van der Waals surface area contributed by atoms with Gasteiger partial charge < -0.3 is 5.32 Å². The molecule has 0 aliphatic carbocycles. The lowest BCUT2D eigenvalue weighted by molar-refractivity contribution is -0.137. The Morgan fingerprint density at radius 2 is 1.79 bits per heavy atom. The van der Waals surface area contributed by atoms with Gasteiger partial charge in [-0.2, -0.15) is 13.2 Å². The molecular formula is C16H12ClF4NOS. The molecule has 0 atom stereocenters. The standard InChI is InChI=1S/C16H12ClF4NOS/c17-13-6-3-11(16(19,20)21)7-14(13)22-15(23)9-24-8-10-1-4-12(18)5-2-10/h1-7H,8-9H2,(H,22,23). The molecule has 0 aliphatic heterocycles. The minimum Gasteiger partial charge on any atom is -0.324 e. The highest BCUT2D eigenvalue weighted by Crippen LogP contribution is 2.33. The predicted molar refractivity (Wildman–Crippen MR) is 87.6 cm³/mol. The number of hydrogen-bond donors (Lipinski definition) is 1. The molecule has 128 valence electrons. The van der Waals surface area contributed by atoms with Gasteiger partial charge in [-0.25, -0.2) is 4.39 Å². The van der Waals surface area contributed by atoms with Gasteiger partial charge in [-0.05, 0) is 35.9 Å². The van der Waals surface area contributed by atoms with E-state index in [1.165, 1.54) is 23.9 Å². The van der Waals surface area contributed by atoms with Crippen LogP contribution < -0.4 is 5.32 Å². The van der Waals surface area contributed by atoms with Gasteiger partial charge in [0, 0.05) is 5.75 Å². The molecule has 1 N–H and O–H groups in total. The van der Waals surface area contributed by atoms with Crippen LogP contribution in [0.3, 0.4) is 0 Å². The first-order valence-electron chi connectivity index (χ1n) is 6.74. The fraction of sp³-hybridized carbons (Fsp3) is 0.188. The van der Waals surface area contributed by atoms with Gasteiger partial charge in [0.15, 0.2) is 0 Å². The monoisotopic (exact) mass is 377 g/mol. The summed E-state index contributed by atoms with van der Waals surface area (Å²) >= 11 is 7.07. The summed E-state index contributed by atoms with van der Waals surface area (Å²) in [5.74, 6) is -0.308. The van der Waals surface area contributed by atoms with Crippen LogP contribution in [-0.4, -0.2) is 11.7 Å². The van der Waals surface area contributed by atoms with Gasteiger partial charge in [-0.1, -0.05) is 23.7 Å². The Balaban J connectivity index is 1.91. The molecule has 0 spiro atoms. The lowest BCUT2D eigenvalue weighted by atomic mass is 10.2. The maximum absolute atomic E-state index is 12.8. The first-order chi connectivity index (χ1) is 11.3. The molecule has 0 bridgehead atoms. The molecule has 0 aromatic heterocycles. The molecule has 0 aliphatic rings. The Kier molecular flexibility index (Phi) is 6.12. The molecule has 1 amide bonds. The lowest BCUT2D eigenvalue weighted by Crippen LogP contribution is -2.15. The van der Waals surface area contributed by atoms with E-state index in [9.17, 15) is 22.4 Å². The number of rotatable bonds is 5. The fourth-order valence-electron chi connectivity index (χ4n) is 1.83. The third kappa shape index (κ3) is 5.42. The summed E-state index contributed by atoms with van der Waals surface area (Å²) in [6.45, 7) is 0. The molecule has 2 aromatic carbocycles. The zero-order valence-electron chi connectivity index (χ0n) is 12.2. The highest BCUT2D eigenvalue weighted by Gasteiger charge is 2.31. The molecule has 0 fully saturated rings. The Bertz CT molecular complexity index is 719. The molecule has 0 radical (unpaired) electrons. The van der Waals surface area contributed by atoms with Crippen molar-refractivity contribution in [3.05, 3.63) is 64.4 Å². The molecule has 2 aromatic rings. The van der Waals surface area contributed by atoms with Crippen molar-refractivity contribution in [3.63, 3.8) is 0 Å². The average molecular weight is 378 g/mol. The number of thioether (sulfide) groups is 1. The number of anilines is 1. The van der Waals surface area contributed by atoms with Gasteiger partial charge in [0.05, 0.1) is 22.0 Å². The van der Waals surface area contributed by atoms with E-state index in [0.717, 1.165) is 23.8 Å². The molecule has 8 heteroatoms. The number of benzene rings is 2. The van der Waals surface area contributed by atoms with Crippen LogP contribution in [-0.2, 0) is 16.7 Å². The van der Waals surface area contributed by atoms with Crippen molar-refractivity contribution >= 4 is 35.0 Å². The van der Waals surface area contributed by atoms with Crippen LogP contribution in [0.5, 0.6) is 0 Å². The van der Waals surface area contributed by atoms with E-state index in [4.69, 9.17) is 11.6 Å². The van der Waals surface area contributed by atoms with Crippen molar-refractivity contribution < 1.29 is 22.4 Å². The normalized spacial score (nSPS) is 11.4. The summed E-state index contributed by atoms with van der Waals surface area (Å²) in [5.41, 5.74) is -0.133. The van der Waals surface area contributed by atoms with E-state index in [1.54, 1.807) is 12.1 Å². The first kappa shape index (κ1) is 18.6. The second kappa shape index (κ2) is 7.90. The smallest absolute Gasteiger partial charge is 0.324 e. The largest absolute Gasteiger partial charge is 0.416 e. The Hall–Kier alpha value is -1.73. The summed E-state index contributed by atoms with van der Waals surface area (Å²) in [6, 6.07) is 8.57. The molecule has 0 heterocycles. The number of amides is 1. The Morgan fingerprint density at radius 3 is 2.42 bits per heavy atom. The summed E-state index contributed by atoms with van der Waals surface area (Å²) in [7, 11) is 0. The fourth-order valence-corrected chi connectivity index (χ4v) is 2.78. The highest BCUT2D eigenvalue weighted by atomic mass is 35.5. The van der Waals surface area contributed by atoms with Crippen LogP contribution in [0, 0.1) is 5.82 Å². The number of carbonyl (C=O) groups excluding carboxylic acids is 1. The first-order valence-corrected chi connectivity index (χ1v) is 8.28. The van der Waals surface area contributed by atoms with Crippen molar-refractivity contribution in [3.8, 4) is 0 Å². The van der Waals surface area contributed by atoms with Crippen molar-refractivity contribution in [2.45, 2.75) is 11.9 Å². The third-order valence-corrected chi connectivity index (χ3v) is 4.32. The summed E-state index contributed by atoms with van der Waals surface area (Å²) in [6.07, 6.45) is -4.51. The molecule has 2 nitrogen and oxygen atoms in total. The van der Waals surface area contributed by atoms with Crippen LogP contribution in [0.15, 0.2) is 42.5 Å². The predicted octanol–water partition coefficient (Wildman–Crippen LogP) is 5.37. The van der Waals surface area contributed by atoms with Gasteiger partial charge in [0.25, 0.3) is 0 Å². The van der Waals surface area contributed by atoms with Crippen LogP contribution in [0.25, 0.3) is 0 Å². The Labute approximate surface area is 145 Å². The number of alkyl halides is 3. The molecule has 0 saturated heterocycles. The summed E-state index contributed by atoms with van der Waals surface area (Å²) in [4.78, 5) is 11.8. The average Bonchev–Trinajstić information content (AvgIpc) is 2.50. The Morgan fingerprint density at radius 1 is 1.12 bits per heavy atom. The van der Waals surface area contributed by atoms with Gasteiger partial charge in [-0.3, -0.25) is 4.79 Å². The molecule has 2 rings (SSSR count). The number of nitrogens with one attached hydrogen (secondary N) is 1. The van der Waals surface area contributed by atoms with E-state index in [0.29, 0.717) is 5.75 Å². The zero-order chi connectivity index (χ0) is 17.7. The number of carbonyl (C=O) groups is 1. The van der Waals surface area contributed by atoms with Gasteiger partial charge in [-0.15, -0.1) is 11.8 Å². The van der Waals surface area contributed by atoms with Crippen molar-refractivity contribution in [1.29, 1.82) is 0 Å². The maximum Gasteiger partial charge on any atom is 0.416 e. The van der Waals surface area contributed by atoms with Crippen molar-refractivity contribution in [1.82, 2.24) is 0 Å². The maximum atomic E-state index is 12.8. The molecule has 24 heavy (non-hydrogen) atoms. The van der Waals surface area contributed by atoms with E-state index in [-0.39, 0.29) is 22.3 Å². The lowest BCUT2D eigenvalue weighted by Gasteiger charge is -2.11. The minimum atomic E-state index is -4.51. The number of halogens is 5. The topological polar surface area (TPSA) is 29.1 Å². The number of hydrogen-bond acceptors (Lipinski definition) is 2. The second-order valence-corrected chi connectivity index (χ2v) is 6.25. The summed E-state index contributed by atoms with van der Waals surface area (Å²) < 4.78 is 50.8. The van der Waals surface area contributed by atoms with Crippen LogP contribution in [0.2, 0.25) is 5.02 Å². The van der Waals surface area contributed by atoms with Gasteiger partial charge in [0.2, 0.25) is 5.91 Å². The van der Waals surface area contributed by atoms with E-state index < -0.39 is 17.6 Å². The SMILES string of the molecule is O=C(CSCc1ccc(F)cc1)Nc1cc(C(F)(F)F)ccc1Cl. The zero-order valence-corrected chi connectivity index (χ0v) is 13.7. The van der Waals surface area contributed by atoms with E-state index in [1.807, 2.05) is 0 Å². The summed E-state index contributed by atoms with van der Waals surface area (Å²) in [5, 5.41) is 2.39. The molecule has 0 unspecified atom stereocenters. The van der Waals surface area contributed by atoms with Crippen LogP contribution in [0.1, 0.15) is 11.1 Å². The highest BCUT2D eigenvalue weighted by molar-refractivity contribution is 7.99. The van der Waals surface area contributed by atoms with E-state index in [2.05, 4.69) is 5.32 Å². The van der Waals surface area contributed by atoms with Gasteiger partial charge in [0.1, 0.15) is 5.82 Å². The molecular weight excluding hydrogens is 366 g/mol. The minimum absolute atomic E-state index is 0.0277. The van der Waals surface area contributed by atoms with Crippen molar-refractivity contribution in [2.75, 3.05) is 11.1 Å². The van der Waals surface area contributed by atoms with Crippen LogP contribution >= 0.6 is 23.4 Å². The third-order valence-electron chi connectivity index (χ3n) is 2.98. The van der Waals surface area contributed by atoms with Gasteiger partial charge >= 0.3 is 6.18 Å². The quantitative estimate of drug-likeness (QED) is 0.710. The van der Waals surface area contributed by atoms with Crippen LogP contribution in [0.4, 0.5) is 23.2 Å².